The van der Waals surface area contributed by atoms with Gasteiger partial charge >= 0.3 is 17.9 Å². The molecule has 0 saturated carbocycles. The zero-order valence-electron chi connectivity index (χ0n) is 78.0. The Labute approximate surface area is 844 Å². The van der Waals surface area contributed by atoms with Gasteiger partial charge in [-0.1, -0.05) is 87.5 Å². The number of aromatic nitrogens is 1. The summed E-state index contributed by atoms with van der Waals surface area (Å²) in [4.78, 5) is 73.4. The minimum Gasteiger partial charge on any atom is -0.469 e. The van der Waals surface area contributed by atoms with Crippen LogP contribution in [0.15, 0.2) is 189 Å². The first-order valence-corrected chi connectivity index (χ1v) is 56.4. The van der Waals surface area contributed by atoms with Crippen molar-refractivity contribution in [2.24, 2.45) is 5.92 Å². The molecule has 7 aromatic rings. The van der Waals surface area contributed by atoms with Crippen LogP contribution in [0, 0.1) is 5.92 Å². The smallest absolute Gasteiger partial charge is 0.324 e. The van der Waals surface area contributed by atoms with Crippen LogP contribution in [-0.2, 0) is 137 Å². The highest BCUT2D eigenvalue weighted by Crippen LogP contribution is 2.45. The maximum Gasteiger partial charge on any atom is 0.324 e. The van der Waals surface area contributed by atoms with E-state index in [4.69, 9.17) is 34.8 Å². The Morgan fingerprint density at radius 2 is 0.759 bits per heavy atom. The van der Waals surface area contributed by atoms with Gasteiger partial charge in [0.15, 0.2) is 9.84 Å². The molecule has 137 heavy (non-hydrogen) atoms. The van der Waals surface area contributed by atoms with E-state index >= 15 is 0 Å². The number of anilines is 7. The quantitative estimate of drug-likeness (QED) is 0.0335. The Morgan fingerprint density at radius 1 is 0.416 bits per heavy atom. The number of ether oxygens (including phenoxy) is 3. The number of nitrogens with zero attached hydrogens (tertiary/aromatic N) is 9. The molecular weight excluding hydrogens is 2140 g/mol. The number of piperidine rings is 1. The number of halogens is 6. The fourth-order valence-electron chi connectivity index (χ4n) is 16.6. The van der Waals surface area contributed by atoms with Gasteiger partial charge in [-0.3, -0.25) is 28.7 Å². The highest BCUT2D eigenvalue weighted by Gasteiger charge is 2.38. The first-order chi connectivity index (χ1) is 64.3. The van der Waals surface area contributed by atoms with Crippen LogP contribution in [0.4, 0.5) is 39.9 Å². The molecule has 3 N–H and O–H groups in total. The molecule has 2 fully saturated rings. The fraction of sp³-hybridized carbons (Fsp3) is 0.419. The van der Waals surface area contributed by atoms with Crippen LogP contribution < -0.4 is 43.6 Å². The lowest BCUT2D eigenvalue weighted by atomic mass is 10.1. The predicted octanol–water partition coefficient (Wildman–Crippen LogP) is 16.0. The number of hydrogen-bond acceptors (Lipinski definition) is 25. The minimum atomic E-state index is -4.00. The Bertz CT molecular complexity index is 6470. The number of esters is 3. The summed E-state index contributed by atoms with van der Waals surface area (Å²) in [5, 5.41) is 0.577. The molecule has 9 heterocycles. The molecule has 8 aliphatic heterocycles. The van der Waals surface area contributed by atoms with Gasteiger partial charge < -0.3 is 43.6 Å². The molecule has 44 heteroatoms. The van der Waals surface area contributed by atoms with Crippen molar-refractivity contribution in [3.8, 4) is 0 Å². The molecule has 0 spiro atoms. The van der Waals surface area contributed by atoms with Gasteiger partial charge in [-0.15, -0.1) is 0 Å². The standard InChI is InChI=1S/C17H23ClN2O4S.C16H16ClN3O2S.C15H19BrN2O4S.C15H19BrN2O2S.C15H18BrNO5S.C15H19ClN2O3S/c1-10(2)16(17(21)24-5)19-25(22,23)15-9-14-12(8-13(15)18)6-7-20(14)11(3)4;1-11(2)20-8-6-12-9-13(17)15(10-14(12)20)23(21,22)19-16-5-3-4-7-18-16;1-10(2)18-7-5-11-8-12(16)14(9-13(11)18)23(20,21)17-6-4-15(19)22-3;1-11(2)18-8-5-12-9-13(16)15(10-14(12)18)21(19,20)17-6-3-4-7-17;1-10(18)17-6-5-11-8-12(16)14(9-13(11)17)23(20,21)7-3-4-15(19)22-2;1-11(19)18-8-5-12-9-13(16)15(10-14(12)18)22(20,21)17-6-3-2-4-7-17/h8-10,16,19H,3,6-7H2,1-2,4-5H3;3-5,7,9-10H,1,6,8H2,2H3,(H,18,19);8-9,17H,1,4-7H2,2-3H3;9-10H,1,3-8H2,2H3;8-9H,3-7H2,1-2H3;9-10H,2-8H2,1H3. The fourth-order valence-corrected chi connectivity index (χ4v) is 29.4. The lowest BCUT2D eigenvalue weighted by Gasteiger charge is -2.26. The zero-order valence-corrected chi connectivity index (χ0v) is 89.9. The van der Waals surface area contributed by atoms with Crippen molar-refractivity contribution in [1.82, 2.24) is 23.0 Å². The highest BCUT2D eigenvalue weighted by molar-refractivity contribution is 9.11. The molecule has 15 rings (SSSR count). The highest BCUT2D eigenvalue weighted by atomic mass is 79.9. The second-order valence-corrected chi connectivity index (χ2v) is 48.6. The van der Waals surface area contributed by atoms with Crippen LogP contribution in [0.1, 0.15) is 140 Å². The maximum atomic E-state index is 12.8. The number of allylic oxidation sites excluding steroid dienone is 4. The summed E-state index contributed by atoms with van der Waals surface area (Å²) in [7, 11) is -18.4. The minimum absolute atomic E-state index is 0.0112. The Balaban J connectivity index is 0.000000170. The zero-order chi connectivity index (χ0) is 101. The third-order valence-electron chi connectivity index (χ3n) is 23.8. The summed E-state index contributed by atoms with van der Waals surface area (Å²) < 4.78 is 178. The Morgan fingerprint density at radius 3 is 1.15 bits per heavy atom. The van der Waals surface area contributed by atoms with Crippen LogP contribution in [-0.4, -0.2) is 199 Å². The van der Waals surface area contributed by atoms with Crippen LogP contribution in [0.25, 0.3) is 0 Å². The first kappa shape index (κ1) is 111. The summed E-state index contributed by atoms with van der Waals surface area (Å²) in [6, 6.07) is 24.3. The molecule has 0 aliphatic carbocycles. The summed E-state index contributed by atoms with van der Waals surface area (Å²) in [5.41, 5.74) is 14.4. The molecule has 0 radical (unpaired) electrons. The lowest BCUT2D eigenvalue weighted by molar-refractivity contribution is -0.144. The molecule has 32 nitrogen and oxygen atoms in total. The molecule has 2 saturated heterocycles. The number of amides is 2. The van der Waals surface area contributed by atoms with Gasteiger partial charge in [-0.25, -0.2) is 60.2 Å². The molecular formula is C93H114Br3Cl3N12O20S6. The average Bonchev–Trinajstić information content (AvgIpc) is 1.67. The molecule has 1 unspecified atom stereocenters. The van der Waals surface area contributed by atoms with Crippen LogP contribution in [0.3, 0.4) is 0 Å². The number of hydrogen-bond donors (Lipinski definition) is 3. The van der Waals surface area contributed by atoms with Gasteiger partial charge in [0.1, 0.15) is 26.5 Å². The number of fused-ring (bicyclic) bond motifs is 6. The number of methoxy groups -OCH3 is 3. The summed E-state index contributed by atoms with van der Waals surface area (Å²) in [6.45, 7) is 36.4. The van der Waals surface area contributed by atoms with Crippen LogP contribution >= 0.6 is 82.6 Å². The van der Waals surface area contributed by atoms with Crippen molar-refractivity contribution >= 4 is 212 Å². The van der Waals surface area contributed by atoms with E-state index in [2.05, 4.69) is 112 Å². The molecule has 1 aromatic heterocycles. The molecule has 744 valence electrons. The van der Waals surface area contributed by atoms with E-state index in [1.54, 1.807) is 101 Å². The predicted molar refractivity (Wildman–Crippen MR) is 545 cm³/mol. The van der Waals surface area contributed by atoms with Crippen molar-refractivity contribution in [1.29, 1.82) is 0 Å². The van der Waals surface area contributed by atoms with Crippen LogP contribution in [0.5, 0.6) is 0 Å². The van der Waals surface area contributed by atoms with Gasteiger partial charge in [-0.05, 0) is 270 Å². The van der Waals surface area contributed by atoms with Gasteiger partial charge in [0.2, 0.25) is 51.9 Å². The molecule has 2 amide bonds. The number of nitrogens with one attached hydrogen (secondary N) is 3. The van der Waals surface area contributed by atoms with E-state index in [1.807, 2.05) is 54.5 Å². The van der Waals surface area contributed by atoms with E-state index in [-0.39, 0.29) is 94.7 Å². The number of carbonyl (C=O) groups is 5. The van der Waals surface area contributed by atoms with Crippen molar-refractivity contribution in [2.75, 3.05) is 133 Å². The molecule has 8 aliphatic rings. The van der Waals surface area contributed by atoms with Crippen molar-refractivity contribution in [3.63, 3.8) is 0 Å². The topological polar surface area (TPSA) is 393 Å². The van der Waals surface area contributed by atoms with Gasteiger partial charge in [-0.2, -0.15) is 13.3 Å². The van der Waals surface area contributed by atoms with Crippen molar-refractivity contribution < 1.29 is 88.7 Å². The second kappa shape index (κ2) is 47.0. The lowest BCUT2D eigenvalue weighted by Crippen LogP contribution is -2.45. The Hall–Kier alpha value is -8.37. The van der Waals surface area contributed by atoms with E-state index in [1.165, 1.54) is 57.3 Å². The van der Waals surface area contributed by atoms with Crippen molar-refractivity contribution in [2.45, 2.75) is 181 Å². The molecule has 0 bridgehead atoms. The van der Waals surface area contributed by atoms with Gasteiger partial charge in [0.05, 0.1) is 63.3 Å². The number of rotatable bonds is 26. The first-order valence-electron chi connectivity index (χ1n) is 43.9. The third kappa shape index (κ3) is 26.7. The molecule has 6 aromatic carbocycles. The largest absolute Gasteiger partial charge is 0.469 e. The summed E-state index contributed by atoms with van der Waals surface area (Å²) in [5.74, 6) is -1.91. The summed E-state index contributed by atoms with van der Waals surface area (Å²) in [6.07, 6.45) is 11.2. The maximum absolute atomic E-state index is 12.8. The van der Waals surface area contributed by atoms with E-state index in [0.29, 0.717) is 81.8 Å². The van der Waals surface area contributed by atoms with E-state index in [9.17, 15) is 74.5 Å². The number of carbonyl (C=O) groups excluding carboxylic acids is 5. The third-order valence-corrected chi connectivity index (χ3v) is 37.9. The SMILES string of the molecule is C=C(C)N1CCc2cc(Br)c(S(=O)(=O)N3CCCC3)cc21.C=C(C)N1CCc2cc(Br)c(S(=O)(=O)NCCC(=O)OC)cc21.C=C(C)N1CCc2cc(Cl)c(S(=O)(=O)NC(C(=O)OC)C(C)C)cc21.C=C(C)N1CCc2cc(Cl)c(S(=O)(=O)Nc3ccccn3)cc21.CC(=O)N1CCc2cc(Cl)c(S(=O)(=O)N3CCCCC3)cc21.COC(=O)CCCS(=O)(=O)c1cc2c(cc1Br)CCN2C(C)=O. The number of sulfonamides is 5. The average molecular weight is 2260 g/mol. The summed E-state index contributed by atoms with van der Waals surface area (Å²) >= 11 is 28.7. The number of benzene rings is 6. The normalized spacial score (nSPS) is 15.7. The second-order valence-electron chi connectivity index (χ2n) is 33.8. The van der Waals surface area contributed by atoms with E-state index in [0.717, 1.165) is 157 Å². The van der Waals surface area contributed by atoms with Gasteiger partial charge in [0.25, 0.3) is 10.0 Å². The monoisotopic (exact) mass is 2250 g/mol. The number of sulfone groups is 1. The number of pyridine rings is 1. The van der Waals surface area contributed by atoms with Crippen molar-refractivity contribution in [3.05, 3.63) is 208 Å². The molecule has 1 atom stereocenters. The van der Waals surface area contributed by atoms with Crippen LogP contribution in [0.2, 0.25) is 15.1 Å². The van der Waals surface area contributed by atoms with E-state index < -0.39 is 83.9 Å². The Kier molecular flexibility index (Phi) is 38.0. The van der Waals surface area contributed by atoms with Gasteiger partial charge in [0, 0.05) is 169 Å².